The van der Waals surface area contributed by atoms with Crippen LogP contribution in [-0.4, -0.2) is 31.6 Å². The van der Waals surface area contributed by atoms with Gasteiger partial charge in [-0.05, 0) is 48.9 Å². The van der Waals surface area contributed by atoms with Gasteiger partial charge in [-0.2, -0.15) is 0 Å². The Bertz CT molecular complexity index is 1680. The van der Waals surface area contributed by atoms with Crippen LogP contribution in [0.25, 0.3) is 33.2 Å². The molecule has 5 rings (SSSR count). The maximum atomic E-state index is 13.6. The van der Waals surface area contributed by atoms with Crippen LogP contribution in [0.3, 0.4) is 0 Å². The number of hydrogen-bond acceptors (Lipinski definition) is 6. The van der Waals surface area contributed by atoms with Gasteiger partial charge in [0.2, 0.25) is 17.0 Å². The van der Waals surface area contributed by atoms with E-state index in [1.165, 1.54) is 14.2 Å². The number of aromatic amines is 1. The van der Waals surface area contributed by atoms with Gasteiger partial charge < -0.3 is 23.6 Å². The van der Waals surface area contributed by atoms with Crippen molar-refractivity contribution in [3.8, 4) is 28.6 Å². The molecule has 0 spiro atoms. The minimum Gasteiger partial charge on any atom is -0.493 e. The van der Waals surface area contributed by atoms with Gasteiger partial charge in [0.25, 0.3) is 0 Å². The number of nitrogens with one attached hydrogen (secondary N) is 1. The Morgan fingerprint density at radius 2 is 1.78 bits per heavy atom. The van der Waals surface area contributed by atoms with Crippen molar-refractivity contribution in [3.63, 3.8) is 0 Å². The van der Waals surface area contributed by atoms with E-state index in [0.29, 0.717) is 33.2 Å². The third-order valence-corrected chi connectivity index (χ3v) is 6.42. The molecule has 2 aromatic heterocycles. The van der Waals surface area contributed by atoms with Crippen molar-refractivity contribution >= 4 is 39.3 Å². The number of aryl methyl sites for hydroxylation is 1. The van der Waals surface area contributed by atoms with E-state index >= 15 is 0 Å². The average Bonchev–Trinajstić information content (AvgIpc) is 3.33. The van der Waals surface area contributed by atoms with Crippen LogP contribution in [-0.2, 0) is 0 Å². The van der Waals surface area contributed by atoms with Crippen molar-refractivity contribution in [2.24, 2.45) is 0 Å². The lowest BCUT2D eigenvalue weighted by Gasteiger charge is -2.14. The first-order valence-corrected chi connectivity index (χ1v) is 11.5. The molecule has 182 valence electrons. The van der Waals surface area contributed by atoms with Crippen molar-refractivity contribution in [3.05, 3.63) is 87.2 Å². The number of rotatable bonds is 7. The molecule has 0 unspecified atom stereocenters. The highest BCUT2D eigenvalue weighted by Gasteiger charge is 2.22. The third kappa shape index (κ3) is 4.07. The first-order valence-electron chi connectivity index (χ1n) is 11.1. The van der Waals surface area contributed by atoms with E-state index in [0.717, 1.165) is 16.5 Å². The standard InChI is InChI=1S/C28H22ClNO6/c1-15-10-24-18(12-20(15)29)26(32)28(27(36-24)16-8-9-23(33-2)25(11-16)34-3)35-14-22(31)19-13-30-21-7-5-4-6-17(19)21/h4-13,30H,14H2,1-3H3. The summed E-state index contributed by atoms with van der Waals surface area (Å²) in [7, 11) is 3.05. The van der Waals surface area contributed by atoms with Gasteiger partial charge in [0.15, 0.2) is 23.9 Å². The molecular formula is C28H22ClNO6. The number of H-pyrrole nitrogens is 1. The van der Waals surface area contributed by atoms with Crippen LogP contribution < -0.4 is 19.6 Å². The fourth-order valence-electron chi connectivity index (χ4n) is 4.11. The molecule has 0 fully saturated rings. The van der Waals surface area contributed by atoms with Gasteiger partial charge in [-0.1, -0.05) is 29.8 Å². The number of carbonyl (C=O) groups excluding carboxylic acids is 1. The molecule has 0 saturated carbocycles. The molecule has 0 bridgehead atoms. The maximum absolute atomic E-state index is 13.6. The van der Waals surface area contributed by atoms with Crippen molar-refractivity contribution in [1.29, 1.82) is 0 Å². The van der Waals surface area contributed by atoms with Gasteiger partial charge in [-0.3, -0.25) is 9.59 Å². The summed E-state index contributed by atoms with van der Waals surface area (Å²) in [5.41, 5.74) is 2.50. The van der Waals surface area contributed by atoms with Crippen LogP contribution in [0, 0.1) is 6.92 Å². The normalized spacial score (nSPS) is 11.1. The first-order chi connectivity index (χ1) is 17.4. The molecule has 2 heterocycles. The maximum Gasteiger partial charge on any atom is 0.235 e. The number of ether oxygens (including phenoxy) is 3. The summed E-state index contributed by atoms with van der Waals surface area (Å²) in [5, 5.41) is 1.46. The van der Waals surface area contributed by atoms with Crippen molar-refractivity contribution < 1.29 is 23.4 Å². The summed E-state index contributed by atoms with van der Waals surface area (Å²) in [6, 6.07) is 15.8. The number of halogens is 1. The number of aromatic nitrogens is 1. The minimum absolute atomic E-state index is 0.0946. The van der Waals surface area contributed by atoms with Crippen molar-refractivity contribution in [2.45, 2.75) is 6.92 Å². The Morgan fingerprint density at radius 3 is 2.56 bits per heavy atom. The zero-order valence-electron chi connectivity index (χ0n) is 19.8. The highest BCUT2D eigenvalue weighted by molar-refractivity contribution is 6.32. The van der Waals surface area contributed by atoms with E-state index in [4.69, 9.17) is 30.2 Å². The summed E-state index contributed by atoms with van der Waals surface area (Å²) < 4.78 is 22.8. The lowest BCUT2D eigenvalue weighted by atomic mass is 10.1. The predicted octanol–water partition coefficient (Wildman–Crippen LogP) is 6.18. The van der Waals surface area contributed by atoms with Crippen LogP contribution in [0.5, 0.6) is 17.2 Å². The zero-order valence-corrected chi connectivity index (χ0v) is 20.6. The summed E-state index contributed by atoms with van der Waals surface area (Å²) >= 11 is 6.28. The summed E-state index contributed by atoms with van der Waals surface area (Å²) in [4.78, 5) is 29.7. The number of para-hydroxylation sites is 1. The monoisotopic (exact) mass is 503 g/mol. The van der Waals surface area contributed by atoms with Crippen LogP contribution >= 0.6 is 11.6 Å². The molecule has 0 atom stereocenters. The second-order valence-electron chi connectivity index (χ2n) is 8.22. The lowest BCUT2D eigenvalue weighted by molar-refractivity contribution is 0.0922. The molecule has 0 aliphatic carbocycles. The van der Waals surface area contributed by atoms with Gasteiger partial charge in [0, 0.05) is 33.2 Å². The van der Waals surface area contributed by atoms with Crippen LogP contribution in [0.15, 0.2) is 70.0 Å². The highest BCUT2D eigenvalue weighted by Crippen LogP contribution is 2.37. The fourth-order valence-corrected chi connectivity index (χ4v) is 4.28. The summed E-state index contributed by atoms with van der Waals surface area (Å²) in [5.74, 6) is 0.756. The lowest BCUT2D eigenvalue weighted by Crippen LogP contribution is -2.17. The van der Waals surface area contributed by atoms with Gasteiger partial charge >= 0.3 is 0 Å². The summed E-state index contributed by atoms with van der Waals surface area (Å²) in [6.07, 6.45) is 1.64. The zero-order chi connectivity index (χ0) is 25.4. The average molecular weight is 504 g/mol. The molecule has 5 aromatic rings. The molecule has 0 saturated heterocycles. The molecule has 0 radical (unpaired) electrons. The molecular weight excluding hydrogens is 482 g/mol. The van der Waals surface area contributed by atoms with E-state index in [1.54, 1.807) is 36.5 Å². The molecule has 0 aliphatic rings. The quantitative estimate of drug-likeness (QED) is 0.267. The molecule has 3 aromatic carbocycles. The molecule has 1 N–H and O–H groups in total. The first kappa shape index (κ1) is 23.5. The Labute approximate surface area is 211 Å². The van der Waals surface area contributed by atoms with Crippen LogP contribution in [0.4, 0.5) is 0 Å². The smallest absolute Gasteiger partial charge is 0.235 e. The third-order valence-electron chi connectivity index (χ3n) is 6.01. The topological polar surface area (TPSA) is 90.8 Å². The van der Waals surface area contributed by atoms with Gasteiger partial charge in [-0.25, -0.2) is 0 Å². The van der Waals surface area contributed by atoms with Gasteiger partial charge in [0.1, 0.15) is 5.58 Å². The van der Waals surface area contributed by atoms with Crippen LogP contribution in [0.2, 0.25) is 5.02 Å². The van der Waals surface area contributed by atoms with Gasteiger partial charge in [0.05, 0.1) is 19.6 Å². The Morgan fingerprint density at radius 1 is 1.00 bits per heavy atom. The number of methoxy groups -OCH3 is 2. The van der Waals surface area contributed by atoms with Crippen LogP contribution in [0.1, 0.15) is 15.9 Å². The number of fused-ring (bicyclic) bond motifs is 2. The highest BCUT2D eigenvalue weighted by atomic mass is 35.5. The second-order valence-corrected chi connectivity index (χ2v) is 8.62. The Kier molecular flexibility index (Phi) is 6.16. The largest absolute Gasteiger partial charge is 0.493 e. The Balaban J connectivity index is 1.62. The molecule has 0 amide bonds. The van der Waals surface area contributed by atoms with E-state index in [-0.39, 0.29) is 29.3 Å². The van der Waals surface area contributed by atoms with Gasteiger partial charge in [-0.15, -0.1) is 0 Å². The molecule has 0 aliphatic heterocycles. The predicted molar refractivity (Wildman–Crippen MR) is 139 cm³/mol. The van der Waals surface area contributed by atoms with E-state index in [9.17, 15) is 9.59 Å². The number of ketones is 1. The molecule has 7 nitrogen and oxygen atoms in total. The molecule has 36 heavy (non-hydrogen) atoms. The number of Topliss-reactive ketones (excluding diaryl/α,β-unsaturated/α-hetero) is 1. The molecule has 8 heteroatoms. The number of benzene rings is 3. The number of hydrogen-bond donors (Lipinski definition) is 1. The van der Waals surface area contributed by atoms with E-state index in [1.807, 2.05) is 31.2 Å². The van der Waals surface area contributed by atoms with E-state index in [2.05, 4.69) is 4.98 Å². The SMILES string of the molecule is COc1ccc(-c2oc3cc(C)c(Cl)cc3c(=O)c2OCC(=O)c2c[nH]c3ccccc23)cc1OC. The fraction of sp³-hybridized carbons (Fsp3) is 0.143. The van der Waals surface area contributed by atoms with E-state index < -0.39 is 5.43 Å². The summed E-state index contributed by atoms with van der Waals surface area (Å²) in [6.45, 7) is 1.46. The minimum atomic E-state index is -0.435. The number of carbonyl (C=O) groups is 1. The Hall–Kier alpha value is -4.23. The second kappa shape index (κ2) is 9.43. The van der Waals surface area contributed by atoms with Crippen molar-refractivity contribution in [1.82, 2.24) is 4.98 Å². The van der Waals surface area contributed by atoms with Crippen molar-refractivity contribution in [2.75, 3.05) is 20.8 Å².